The Morgan fingerprint density at radius 2 is 1.95 bits per heavy atom. The van der Waals surface area contributed by atoms with Crippen LogP contribution in [0.5, 0.6) is 0 Å². The number of amides is 1. The zero-order valence-electron chi connectivity index (χ0n) is 13.2. The third-order valence-electron chi connectivity index (χ3n) is 5.07. The van der Waals surface area contributed by atoms with Crippen LogP contribution in [-0.2, 0) is 19.4 Å². The molecule has 1 saturated carbocycles. The summed E-state index contributed by atoms with van der Waals surface area (Å²) in [4.78, 5) is 16.5. The number of sulfone groups is 1. The largest absolute Gasteiger partial charge is 0.381 e. The lowest BCUT2D eigenvalue weighted by atomic mass is 10.1. The summed E-state index contributed by atoms with van der Waals surface area (Å²) in [5, 5.41) is 0. The van der Waals surface area contributed by atoms with Crippen molar-refractivity contribution < 1.29 is 17.9 Å². The third-order valence-corrected chi connectivity index (χ3v) is 6.82. The molecule has 126 valence electrons. The van der Waals surface area contributed by atoms with Gasteiger partial charge in [0.05, 0.1) is 24.7 Å². The quantitative estimate of drug-likeness (QED) is 0.693. The van der Waals surface area contributed by atoms with E-state index in [0.717, 1.165) is 26.2 Å². The molecule has 2 atom stereocenters. The molecule has 1 aliphatic carbocycles. The van der Waals surface area contributed by atoms with Crippen molar-refractivity contribution in [3.63, 3.8) is 0 Å². The van der Waals surface area contributed by atoms with E-state index in [2.05, 4.69) is 4.90 Å². The standard InChI is InChI=1S/C15H26N2O4S/c1-16(14-5-7-22(19,20)11-14)15(18)9-17(13-2-3-13)8-12-4-6-21-10-12/h12-14H,2-11H2,1H3/t12-,14+/m0/s1. The lowest BCUT2D eigenvalue weighted by Crippen LogP contribution is -2.45. The van der Waals surface area contributed by atoms with Gasteiger partial charge in [-0.15, -0.1) is 0 Å². The van der Waals surface area contributed by atoms with E-state index in [-0.39, 0.29) is 23.5 Å². The highest BCUT2D eigenvalue weighted by molar-refractivity contribution is 7.91. The lowest BCUT2D eigenvalue weighted by molar-refractivity contribution is -0.133. The summed E-state index contributed by atoms with van der Waals surface area (Å²) < 4.78 is 28.6. The van der Waals surface area contributed by atoms with Gasteiger partial charge in [-0.3, -0.25) is 9.69 Å². The first-order valence-corrected chi connectivity index (χ1v) is 10.0. The van der Waals surface area contributed by atoms with E-state index in [1.54, 1.807) is 11.9 Å². The van der Waals surface area contributed by atoms with E-state index in [1.807, 2.05) is 0 Å². The van der Waals surface area contributed by atoms with Gasteiger partial charge in [0.25, 0.3) is 0 Å². The summed E-state index contributed by atoms with van der Waals surface area (Å²) in [6.45, 7) is 2.96. The molecular formula is C15H26N2O4S. The van der Waals surface area contributed by atoms with Crippen LogP contribution in [0.4, 0.5) is 0 Å². The second-order valence-corrected chi connectivity index (χ2v) is 9.18. The van der Waals surface area contributed by atoms with Gasteiger partial charge in [-0.2, -0.15) is 0 Å². The number of nitrogens with zero attached hydrogens (tertiary/aromatic N) is 2. The summed E-state index contributed by atoms with van der Waals surface area (Å²) >= 11 is 0. The Balaban J connectivity index is 1.54. The molecule has 2 saturated heterocycles. The molecule has 0 spiro atoms. The summed E-state index contributed by atoms with van der Waals surface area (Å²) in [6, 6.07) is 0.388. The molecule has 0 aromatic heterocycles. The Hall–Kier alpha value is -0.660. The van der Waals surface area contributed by atoms with Crippen LogP contribution >= 0.6 is 0 Å². The summed E-state index contributed by atoms with van der Waals surface area (Å²) in [7, 11) is -1.20. The summed E-state index contributed by atoms with van der Waals surface area (Å²) in [6.07, 6.45) is 3.99. The molecular weight excluding hydrogens is 304 g/mol. The van der Waals surface area contributed by atoms with Crippen molar-refractivity contribution in [3.8, 4) is 0 Å². The minimum absolute atomic E-state index is 0.0490. The molecule has 22 heavy (non-hydrogen) atoms. The highest BCUT2D eigenvalue weighted by atomic mass is 32.2. The van der Waals surface area contributed by atoms with E-state index in [0.29, 0.717) is 24.9 Å². The van der Waals surface area contributed by atoms with Crippen molar-refractivity contribution in [2.75, 3.05) is 44.9 Å². The van der Waals surface area contributed by atoms with Crippen LogP contribution in [0.15, 0.2) is 0 Å². The van der Waals surface area contributed by atoms with Gasteiger partial charge in [-0.25, -0.2) is 8.42 Å². The first-order chi connectivity index (χ1) is 10.4. The first-order valence-electron chi connectivity index (χ1n) is 8.22. The lowest BCUT2D eigenvalue weighted by Gasteiger charge is -2.29. The molecule has 1 amide bonds. The van der Waals surface area contributed by atoms with Crippen LogP contribution in [0.3, 0.4) is 0 Å². The van der Waals surface area contributed by atoms with Crippen molar-refractivity contribution in [2.45, 2.75) is 37.8 Å². The molecule has 0 unspecified atom stereocenters. The van der Waals surface area contributed by atoms with Gasteiger partial charge in [0.2, 0.25) is 5.91 Å². The fraction of sp³-hybridized carbons (Fsp3) is 0.933. The Morgan fingerprint density at radius 3 is 2.50 bits per heavy atom. The van der Waals surface area contributed by atoms with Gasteiger partial charge in [0, 0.05) is 32.3 Å². The number of hydrogen-bond acceptors (Lipinski definition) is 5. The number of rotatable bonds is 6. The molecule has 3 fully saturated rings. The molecule has 3 aliphatic rings. The Morgan fingerprint density at radius 1 is 1.18 bits per heavy atom. The topological polar surface area (TPSA) is 66.9 Å². The molecule has 2 aliphatic heterocycles. The molecule has 0 aromatic carbocycles. The molecule has 3 rings (SSSR count). The number of ether oxygens (including phenoxy) is 1. The van der Waals surface area contributed by atoms with Crippen LogP contribution in [0.2, 0.25) is 0 Å². The van der Waals surface area contributed by atoms with Crippen LogP contribution in [0.25, 0.3) is 0 Å². The van der Waals surface area contributed by atoms with Crippen LogP contribution in [-0.4, -0.2) is 81.1 Å². The van der Waals surface area contributed by atoms with Crippen LogP contribution < -0.4 is 0 Å². The van der Waals surface area contributed by atoms with E-state index < -0.39 is 9.84 Å². The monoisotopic (exact) mass is 330 g/mol. The van der Waals surface area contributed by atoms with E-state index in [1.165, 1.54) is 12.8 Å². The fourth-order valence-corrected chi connectivity index (χ4v) is 5.19. The second kappa shape index (κ2) is 6.45. The van der Waals surface area contributed by atoms with Crippen molar-refractivity contribution in [3.05, 3.63) is 0 Å². The Labute approximate surface area is 132 Å². The molecule has 2 heterocycles. The maximum Gasteiger partial charge on any atom is 0.236 e. The van der Waals surface area contributed by atoms with Crippen LogP contribution in [0, 0.1) is 5.92 Å². The predicted octanol–water partition coefficient (Wildman–Crippen LogP) is 0.133. The van der Waals surface area contributed by atoms with Gasteiger partial charge in [-0.1, -0.05) is 0 Å². The number of likely N-dealkylation sites (N-methyl/N-ethyl adjacent to an activating group) is 1. The van der Waals surface area contributed by atoms with Crippen LogP contribution in [0.1, 0.15) is 25.7 Å². The van der Waals surface area contributed by atoms with Gasteiger partial charge in [0.15, 0.2) is 9.84 Å². The van der Waals surface area contributed by atoms with E-state index in [4.69, 9.17) is 4.74 Å². The van der Waals surface area contributed by atoms with Gasteiger partial charge < -0.3 is 9.64 Å². The summed E-state index contributed by atoms with van der Waals surface area (Å²) in [5.41, 5.74) is 0. The zero-order chi connectivity index (χ0) is 15.7. The van der Waals surface area contributed by atoms with Gasteiger partial charge in [0.1, 0.15) is 0 Å². The summed E-state index contributed by atoms with van der Waals surface area (Å²) in [5.74, 6) is 0.911. The highest BCUT2D eigenvalue weighted by Crippen LogP contribution is 2.29. The molecule has 0 aromatic rings. The average molecular weight is 330 g/mol. The highest BCUT2D eigenvalue weighted by Gasteiger charge is 2.36. The SMILES string of the molecule is CN(C(=O)CN(C[C@@H]1CCOC1)C1CC1)[C@@H]1CCS(=O)(=O)C1. The predicted molar refractivity (Wildman–Crippen MR) is 83.3 cm³/mol. The average Bonchev–Trinajstić information content (AvgIpc) is 3.08. The maximum absolute atomic E-state index is 12.5. The first kappa shape index (κ1) is 16.2. The van der Waals surface area contributed by atoms with E-state index >= 15 is 0 Å². The van der Waals surface area contributed by atoms with Crippen molar-refractivity contribution in [1.29, 1.82) is 0 Å². The molecule has 0 N–H and O–H groups in total. The normalized spacial score (nSPS) is 30.8. The fourth-order valence-electron chi connectivity index (χ4n) is 3.41. The smallest absolute Gasteiger partial charge is 0.236 e. The number of hydrogen-bond donors (Lipinski definition) is 0. The molecule has 6 nitrogen and oxygen atoms in total. The second-order valence-electron chi connectivity index (χ2n) is 6.95. The third kappa shape index (κ3) is 4.00. The van der Waals surface area contributed by atoms with Gasteiger partial charge >= 0.3 is 0 Å². The number of carbonyl (C=O) groups is 1. The molecule has 0 bridgehead atoms. The van der Waals surface area contributed by atoms with Crippen molar-refractivity contribution in [1.82, 2.24) is 9.80 Å². The minimum atomic E-state index is -2.95. The minimum Gasteiger partial charge on any atom is -0.381 e. The van der Waals surface area contributed by atoms with Gasteiger partial charge in [-0.05, 0) is 31.6 Å². The molecule has 0 radical (unpaired) electrons. The van der Waals surface area contributed by atoms with E-state index in [9.17, 15) is 13.2 Å². The Bertz CT molecular complexity index is 512. The zero-order valence-corrected chi connectivity index (χ0v) is 14.1. The maximum atomic E-state index is 12.5. The van der Waals surface area contributed by atoms with Crippen molar-refractivity contribution in [2.24, 2.45) is 5.92 Å². The Kier molecular flexibility index (Phi) is 4.75. The number of carbonyl (C=O) groups excluding carboxylic acids is 1. The molecule has 7 heteroatoms. The van der Waals surface area contributed by atoms with Crippen molar-refractivity contribution >= 4 is 15.7 Å².